The molecule has 90 valence electrons. The zero-order chi connectivity index (χ0) is 11.3. The number of likely N-dealkylation sites (tertiary alicyclic amines) is 1. The summed E-state index contributed by atoms with van der Waals surface area (Å²) in [4.78, 5) is 2.55. The van der Waals surface area contributed by atoms with Crippen molar-refractivity contribution in [2.45, 2.75) is 45.8 Å². The highest BCUT2D eigenvalue weighted by molar-refractivity contribution is 4.78. The van der Waals surface area contributed by atoms with Crippen molar-refractivity contribution in [3.05, 3.63) is 0 Å². The van der Waals surface area contributed by atoms with Gasteiger partial charge >= 0.3 is 0 Å². The number of nitrogens with one attached hydrogen (secondary N) is 1. The Kier molecular flexibility index (Phi) is 5.58. The smallest absolute Gasteiger partial charge is 0.0636 e. The van der Waals surface area contributed by atoms with Crippen molar-refractivity contribution in [3.8, 4) is 0 Å². The van der Waals surface area contributed by atoms with Crippen LogP contribution in [0.3, 0.4) is 0 Å². The molecule has 1 heterocycles. The van der Waals surface area contributed by atoms with Crippen molar-refractivity contribution in [2.24, 2.45) is 5.92 Å². The van der Waals surface area contributed by atoms with Gasteiger partial charge < -0.3 is 15.3 Å². The molecule has 3 nitrogen and oxygen atoms in total. The molecule has 1 rings (SSSR count). The van der Waals surface area contributed by atoms with E-state index in [0.717, 1.165) is 12.5 Å². The third-order valence-electron chi connectivity index (χ3n) is 2.91. The number of piperidine rings is 1. The fourth-order valence-electron chi connectivity index (χ4n) is 2.17. The van der Waals surface area contributed by atoms with Crippen molar-refractivity contribution in [1.82, 2.24) is 10.2 Å². The first-order valence-electron chi connectivity index (χ1n) is 6.21. The van der Waals surface area contributed by atoms with Crippen LogP contribution in [0.1, 0.15) is 33.6 Å². The van der Waals surface area contributed by atoms with Gasteiger partial charge in [0.05, 0.1) is 6.10 Å². The second kappa shape index (κ2) is 6.46. The van der Waals surface area contributed by atoms with E-state index in [0.29, 0.717) is 6.04 Å². The van der Waals surface area contributed by atoms with Gasteiger partial charge in [-0.2, -0.15) is 0 Å². The fourth-order valence-corrected chi connectivity index (χ4v) is 2.17. The predicted molar refractivity (Wildman–Crippen MR) is 64.0 cm³/mol. The lowest BCUT2D eigenvalue weighted by molar-refractivity contribution is 0.155. The third kappa shape index (κ3) is 5.50. The Morgan fingerprint density at radius 1 is 1.27 bits per heavy atom. The average Bonchev–Trinajstić information content (AvgIpc) is 2.16. The van der Waals surface area contributed by atoms with Gasteiger partial charge in [0.15, 0.2) is 0 Å². The average molecular weight is 214 g/mol. The molecule has 0 aromatic rings. The molecule has 0 bridgehead atoms. The molecule has 15 heavy (non-hydrogen) atoms. The first kappa shape index (κ1) is 12.9. The second-order valence-electron chi connectivity index (χ2n) is 5.23. The summed E-state index contributed by atoms with van der Waals surface area (Å²) >= 11 is 0. The van der Waals surface area contributed by atoms with Crippen molar-refractivity contribution in [2.75, 3.05) is 26.2 Å². The van der Waals surface area contributed by atoms with Crippen LogP contribution in [0.4, 0.5) is 0 Å². The molecule has 0 amide bonds. The maximum atomic E-state index is 9.18. The topological polar surface area (TPSA) is 35.5 Å². The zero-order valence-electron chi connectivity index (χ0n) is 10.4. The van der Waals surface area contributed by atoms with Crippen LogP contribution in [0, 0.1) is 5.92 Å². The lowest BCUT2D eigenvalue weighted by atomic mass is 10.0. The molecule has 1 aliphatic heterocycles. The van der Waals surface area contributed by atoms with E-state index in [9.17, 15) is 5.11 Å². The van der Waals surface area contributed by atoms with Crippen LogP contribution in [0.15, 0.2) is 0 Å². The Morgan fingerprint density at radius 3 is 2.33 bits per heavy atom. The second-order valence-corrected chi connectivity index (χ2v) is 5.23. The zero-order valence-corrected chi connectivity index (χ0v) is 10.4. The van der Waals surface area contributed by atoms with E-state index in [4.69, 9.17) is 0 Å². The van der Waals surface area contributed by atoms with Crippen molar-refractivity contribution < 1.29 is 5.11 Å². The van der Waals surface area contributed by atoms with E-state index in [2.05, 4.69) is 24.1 Å². The number of nitrogens with zero attached hydrogens (tertiary/aromatic N) is 1. The molecule has 1 fully saturated rings. The highest BCUT2D eigenvalue weighted by Gasteiger charge is 2.19. The summed E-state index contributed by atoms with van der Waals surface area (Å²) in [6.45, 7) is 10.7. The summed E-state index contributed by atoms with van der Waals surface area (Å²) in [5.41, 5.74) is 0. The van der Waals surface area contributed by atoms with E-state index in [1.165, 1.54) is 32.5 Å². The monoisotopic (exact) mass is 214 g/mol. The summed E-state index contributed by atoms with van der Waals surface area (Å²) in [5, 5.41) is 12.6. The van der Waals surface area contributed by atoms with Crippen LogP contribution in [0.5, 0.6) is 0 Å². The lowest BCUT2D eigenvalue weighted by Crippen LogP contribution is -2.45. The molecular weight excluding hydrogens is 188 g/mol. The van der Waals surface area contributed by atoms with Gasteiger partial charge in [0.2, 0.25) is 0 Å². The number of hydrogen-bond acceptors (Lipinski definition) is 3. The fraction of sp³-hybridized carbons (Fsp3) is 1.00. The molecule has 3 heteroatoms. The van der Waals surface area contributed by atoms with E-state index in [1.54, 1.807) is 0 Å². The van der Waals surface area contributed by atoms with E-state index in [1.807, 2.05) is 6.92 Å². The number of aliphatic hydroxyl groups is 1. The Hall–Kier alpha value is -0.120. The maximum absolute atomic E-state index is 9.18. The van der Waals surface area contributed by atoms with Crippen LogP contribution in [-0.4, -0.2) is 48.3 Å². The first-order valence-corrected chi connectivity index (χ1v) is 6.21. The molecule has 2 N–H and O–H groups in total. The lowest BCUT2D eigenvalue weighted by Gasteiger charge is -2.33. The largest absolute Gasteiger partial charge is 0.392 e. The van der Waals surface area contributed by atoms with E-state index in [-0.39, 0.29) is 6.10 Å². The predicted octanol–water partition coefficient (Wildman–Crippen LogP) is 1.08. The van der Waals surface area contributed by atoms with Crippen LogP contribution in [-0.2, 0) is 0 Å². The summed E-state index contributed by atoms with van der Waals surface area (Å²) in [5.74, 6) is 0.770. The summed E-state index contributed by atoms with van der Waals surface area (Å²) in [6.07, 6.45) is 2.22. The molecule has 1 aliphatic rings. The van der Waals surface area contributed by atoms with E-state index >= 15 is 0 Å². The number of rotatable bonds is 5. The van der Waals surface area contributed by atoms with Crippen LogP contribution in [0.25, 0.3) is 0 Å². The minimum absolute atomic E-state index is 0.223. The molecule has 1 atom stereocenters. The molecule has 0 unspecified atom stereocenters. The Balaban J connectivity index is 2.12. The van der Waals surface area contributed by atoms with Gasteiger partial charge in [0.25, 0.3) is 0 Å². The van der Waals surface area contributed by atoms with Gasteiger partial charge in [0, 0.05) is 19.1 Å². The van der Waals surface area contributed by atoms with Gasteiger partial charge in [-0.05, 0) is 38.8 Å². The SMILES string of the molecule is CC(C)CN1CCC(NC[C@H](C)O)CC1. The molecule has 0 spiro atoms. The summed E-state index contributed by atoms with van der Waals surface area (Å²) < 4.78 is 0. The van der Waals surface area contributed by atoms with Gasteiger partial charge in [-0.15, -0.1) is 0 Å². The highest BCUT2D eigenvalue weighted by Crippen LogP contribution is 2.11. The normalized spacial score (nSPS) is 22.2. The molecule has 0 aromatic carbocycles. The van der Waals surface area contributed by atoms with Gasteiger partial charge in [-0.1, -0.05) is 13.8 Å². The van der Waals surface area contributed by atoms with Crippen LogP contribution in [0.2, 0.25) is 0 Å². The molecule has 0 radical (unpaired) electrons. The summed E-state index contributed by atoms with van der Waals surface area (Å²) in [7, 11) is 0. The van der Waals surface area contributed by atoms with Crippen molar-refractivity contribution in [1.29, 1.82) is 0 Å². The van der Waals surface area contributed by atoms with Crippen molar-refractivity contribution in [3.63, 3.8) is 0 Å². The first-order chi connectivity index (χ1) is 7.08. The summed E-state index contributed by atoms with van der Waals surface area (Å²) in [6, 6.07) is 0.614. The third-order valence-corrected chi connectivity index (χ3v) is 2.91. The molecular formula is C12H26N2O. The molecule has 0 aromatic heterocycles. The molecule has 1 saturated heterocycles. The van der Waals surface area contributed by atoms with Gasteiger partial charge in [-0.3, -0.25) is 0 Å². The Labute approximate surface area is 93.9 Å². The number of hydrogen-bond donors (Lipinski definition) is 2. The van der Waals surface area contributed by atoms with Crippen LogP contribution < -0.4 is 5.32 Å². The molecule has 0 aliphatic carbocycles. The Bertz CT molecular complexity index is 163. The Morgan fingerprint density at radius 2 is 1.87 bits per heavy atom. The highest BCUT2D eigenvalue weighted by atomic mass is 16.3. The van der Waals surface area contributed by atoms with Gasteiger partial charge in [0.1, 0.15) is 0 Å². The quantitative estimate of drug-likeness (QED) is 0.719. The standard InChI is InChI=1S/C12H26N2O/c1-10(2)9-14-6-4-12(5-7-14)13-8-11(3)15/h10-13,15H,4-9H2,1-3H3/t11-/m0/s1. The van der Waals surface area contributed by atoms with Gasteiger partial charge in [-0.25, -0.2) is 0 Å². The molecule has 0 saturated carbocycles. The van der Waals surface area contributed by atoms with Crippen LogP contribution >= 0.6 is 0 Å². The maximum Gasteiger partial charge on any atom is 0.0636 e. The minimum Gasteiger partial charge on any atom is -0.392 e. The number of aliphatic hydroxyl groups excluding tert-OH is 1. The van der Waals surface area contributed by atoms with Crippen molar-refractivity contribution >= 4 is 0 Å². The van der Waals surface area contributed by atoms with E-state index < -0.39 is 0 Å². The minimum atomic E-state index is -0.223.